The topological polar surface area (TPSA) is 64.2 Å². The normalized spacial score (nSPS) is 29.7. The van der Waals surface area contributed by atoms with E-state index in [1.807, 2.05) is 0 Å². The van der Waals surface area contributed by atoms with Crippen LogP contribution in [0.1, 0.15) is 38.5 Å². The highest BCUT2D eigenvalue weighted by molar-refractivity contribution is 4.92. The van der Waals surface area contributed by atoms with E-state index in [0.29, 0.717) is 6.42 Å². The highest BCUT2D eigenvalue weighted by atomic mass is 16.3. The maximum absolute atomic E-state index is 9.74. The highest BCUT2D eigenvalue weighted by Crippen LogP contribution is 2.34. The number of allylic oxidation sites excluding steroid dienone is 2. The summed E-state index contributed by atoms with van der Waals surface area (Å²) in [5, 5.41) is 27.3. The van der Waals surface area contributed by atoms with Crippen molar-refractivity contribution in [3.05, 3.63) is 12.2 Å². The molecule has 0 amide bonds. The van der Waals surface area contributed by atoms with E-state index in [9.17, 15) is 5.11 Å². The van der Waals surface area contributed by atoms with Crippen molar-refractivity contribution in [3.8, 4) is 6.07 Å². The van der Waals surface area contributed by atoms with Crippen molar-refractivity contribution in [2.75, 3.05) is 6.61 Å². The lowest BCUT2D eigenvalue weighted by Gasteiger charge is -2.18. The van der Waals surface area contributed by atoms with Gasteiger partial charge in [0.15, 0.2) is 0 Å². The van der Waals surface area contributed by atoms with Gasteiger partial charge in [0.2, 0.25) is 0 Å². The van der Waals surface area contributed by atoms with Crippen LogP contribution in [0.15, 0.2) is 12.2 Å². The molecule has 0 heterocycles. The third kappa shape index (κ3) is 3.96. The Kier molecular flexibility index (Phi) is 6.14. The summed E-state index contributed by atoms with van der Waals surface area (Å²) in [5.74, 6) is 0.482. The lowest BCUT2D eigenvalue weighted by Crippen LogP contribution is -2.20. The van der Waals surface area contributed by atoms with Crippen LogP contribution in [0.2, 0.25) is 0 Å². The zero-order valence-electron chi connectivity index (χ0n) is 9.68. The van der Waals surface area contributed by atoms with E-state index < -0.39 is 0 Å². The van der Waals surface area contributed by atoms with Gasteiger partial charge < -0.3 is 10.2 Å². The van der Waals surface area contributed by atoms with Gasteiger partial charge in [0.25, 0.3) is 0 Å². The van der Waals surface area contributed by atoms with Gasteiger partial charge in [0, 0.05) is 13.0 Å². The molecular weight excluding hydrogens is 202 g/mol. The standard InChI is InChI=1S/C13H21NO2/c14-9-5-3-1-2-4-6-12-11(10-15)7-8-13(12)16/h2,4,11-13,15-16H,1,3,5-8,10H2/b4-2+. The Morgan fingerprint density at radius 1 is 1.31 bits per heavy atom. The van der Waals surface area contributed by atoms with E-state index in [0.717, 1.165) is 32.1 Å². The second-order valence-electron chi connectivity index (χ2n) is 4.51. The summed E-state index contributed by atoms with van der Waals surface area (Å²) in [5.41, 5.74) is 0. The van der Waals surface area contributed by atoms with Gasteiger partial charge >= 0.3 is 0 Å². The molecule has 0 spiro atoms. The lowest BCUT2D eigenvalue weighted by molar-refractivity contribution is 0.0992. The van der Waals surface area contributed by atoms with Crippen molar-refractivity contribution in [2.24, 2.45) is 11.8 Å². The molecule has 1 fully saturated rings. The smallest absolute Gasteiger partial charge is 0.0621 e. The van der Waals surface area contributed by atoms with Gasteiger partial charge in [-0.15, -0.1) is 0 Å². The average molecular weight is 223 g/mol. The molecule has 3 atom stereocenters. The van der Waals surface area contributed by atoms with Gasteiger partial charge in [-0.2, -0.15) is 5.26 Å². The van der Waals surface area contributed by atoms with Crippen molar-refractivity contribution < 1.29 is 10.2 Å². The molecule has 0 aromatic carbocycles. The second kappa shape index (κ2) is 7.43. The zero-order chi connectivity index (χ0) is 11.8. The summed E-state index contributed by atoms with van der Waals surface area (Å²) in [4.78, 5) is 0. The molecular formula is C13H21NO2. The Bertz CT molecular complexity index is 257. The second-order valence-corrected chi connectivity index (χ2v) is 4.51. The maximum Gasteiger partial charge on any atom is 0.0621 e. The summed E-state index contributed by atoms with van der Waals surface area (Å²) in [6.45, 7) is 0.185. The zero-order valence-corrected chi connectivity index (χ0v) is 9.68. The van der Waals surface area contributed by atoms with Gasteiger partial charge in [-0.05, 0) is 43.9 Å². The van der Waals surface area contributed by atoms with Crippen LogP contribution in [0, 0.1) is 23.2 Å². The number of rotatable bonds is 6. The molecule has 1 saturated carbocycles. The van der Waals surface area contributed by atoms with Crippen molar-refractivity contribution in [2.45, 2.75) is 44.6 Å². The predicted molar refractivity (Wildman–Crippen MR) is 62.5 cm³/mol. The van der Waals surface area contributed by atoms with Crippen molar-refractivity contribution in [3.63, 3.8) is 0 Å². The molecule has 16 heavy (non-hydrogen) atoms. The summed E-state index contributed by atoms with van der Waals surface area (Å²) in [7, 11) is 0. The summed E-state index contributed by atoms with van der Waals surface area (Å²) in [6, 6.07) is 2.12. The van der Waals surface area contributed by atoms with Crippen LogP contribution in [-0.2, 0) is 0 Å². The Morgan fingerprint density at radius 3 is 2.81 bits per heavy atom. The van der Waals surface area contributed by atoms with Crippen molar-refractivity contribution >= 4 is 0 Å². The molecule has 0 radical (unpaired) electrons. The summed E-state index contributed by atoms with van der Waals surface area (Å²) in [6.07, 6.45) is 8.96. The van der Waals surface area contributed by atoms with Gasteiger partial charge in [0.1, 0.15) is 0 Å². The first-order valence-corrected chi connectivity index (χ1v) is 6.10. The number of unbranched alkanes of at least 4 members (excludes halogenated alkanes) is 2. The van der Waals surface area contributed by atoms with Gasteiger partial charge in [0.05, 0.1) is 12.2 Å². The van der Waals surface area contributed by atoms with Crippen LogP contribution in [0.4, 0.5) is 0 Å². The third-order valence-corrected chi connectivity index (χ3v) is 3.40. The van der Waals surface area contributed by atoms with Crippen LogP contribution in [0.5, 0.6) is 0 Å². The minimum absolute atomic E-state index is 0.185. The Hall–Kier alpha value is -0.850. The quantitative estimate of drug-likeness (QED) is 0.534. The first kappa shape index (κ1) is 13.2. The number of hydrogen-bond donors (Lipinski definition) is 2. The first-order chi connectivity index (χ1) is 7.79. The molecule has 3 heteroatoms. The summed E-state index contributed by atoms with van der Waals surface area (Å²) >= 11 is 0. The molecule has 2 N–H and O–H groups in total. The molecule has 0 bridgehead atoms. The SMILES string of the molecule is N#CCCC/C=C/CC1C(O)CCC1CO. The molecule has 0 aliphatic heterocycles. The number of nitrogens with zero attached hydrogens (tertiary/aromatic N) is 1. The van der Waals surface area contributed by atoms with E-state index in [4.69, 9.17) is 10.4 Å². The fraction of sp³-hybridized carbons (Fsp3) is 0.769. The van der Waals surface area contributed by atoms with Crippen LogP contribution in [0.25, 0.3) is 0 Å². The lowest BCUT2D eigenvalue weighted by atomic mass is 9.92. The van der Waals surface area contributed by atoms with Gasteiger partial charge in [-0.1, -0.05) is 12.2 Å². The first-order valence-electron chi connectivity index (χ1n) is 6.10. The van der Waals surface area contributed by atoms with Crippen LogP contribution in [-0.4, -0.2) is 22.9 Å². The minimum atomic E-state index is -0.249. The van der Waals surface area contributed by atoms with E-state index in [1.54, 1.807) is 0 Å². The fourth-order valence-corrected chi connectivity index (χ4v) is 2.37. The van der Waals surface area contributed by atoms with E-state index in [2.05, 4.69) is 18.2 Å². The number of aliphatic hydroxyl groups excluding tert-OH is 2. The average Bonchev–Trinajstić information content (AvgIpc) is 2.65. The van der Waals surface area contributed by atoms with Crippen LogP contribution in [0.3, 0.4) is 0 Å². The van der Waals surface area contributed by atoms with E-state index >= 15 is 0 Å². The molecule has 0 aromatic rings. The fourth-order valence-electron chi connectivity index (χ4n) is 2.37. The van der Waals surface area contributed by atoms with E-state index in [-0.39, 0.29) is 24.5 Å². The Labute approximate surface area is 97.4 Å². The molecule has 1 aliphatic rings. The minimum Gasteiger partial charge on any atom is -0.396 e. The van der Waals surface area contributed by atoms with E-state index in [1.165, 1.54) is 0 Å². The molecule has 0 saturated heterocycles. The molecule has 0 aromatic heterocycles. The molecule has 3 unspecified atom stereocenters. The molecule has 1 aliphatic carbocycles. The largest absolute Gasteiger partial charge is 0.396 e. The number of aliphatic hydroxyl groups is 2. The molecule has 90 valence electrons. The third-order valence-electron chi connectivity index (χ3n) is 3.40. The van der Waals surface area contributed by atoms with Crippen LogP contribution < -0.4 is 0 Å². The number of hydrogen-bond acceptors (Lipinski definition) is 3. The Balaban J connectivity index is 2.22. The predicted octanol–water partition coefficient (Wildman–Crippen LogP) is 2.01. The highest BCUT2D eigenvalue weighted by Gasteiger charge is 2.33. The van der Waals surface area contributed by atoms with Crippen LogP contribution >= 0.6 is 0 Å². The monoisotopic (exact) mass is 223 g/mol. The maximum atomic E-state index is 9.74. The molecule has 1 rings (SSSR count). The van der Waals surface area contributed by atoms with Gasteiger partial charge in [-0.25, -0.2) is 0 Å². The van der Waals surface area contributed by atoms with Crippen molar-refractivity contribution in [1.82, 2.24) is 0 Å². The molecule has 3 nitrogen and oxygen atoms in total. The summed E-state index contributed by atoms with van der Waals surface area (Å²) < 4.78 is 0. The van der Waals surface area contributed by atoms with Crippen molar-refractivity contribution in [1.29, 1.82) is 5.26 Å². The van der Waals surface area contributed by atoms with Gasteiger partial charge in [-0.3, -0.25) is 0 Å². The number of nitriles is 1. The Morgan fingerprint density at radius 2 is 2.12 bits per heavy atom.